The van der Waals surface area contributed by atoms with Crippen molar-refractivity contribution < 1.29 is 0 Å². The van der Waals surface area contributed by atoms with E-state index >= 15 is 0 Å². The van der Waals surface area contributed by atoms with Gasteiger partial charge in [-0.1, -0.05) is 93.7 Å². The number of allylic oxidation sites excluding steroid dienone is 1. The predicted octanol–water partition coefficient (Wildman–Crippen LogP) is 6.37. The summed E-state index contributed by atoms with van der Waals surface area (Å²) in [7, 11) is 0.726. The van der Waals surface area contributed by atoms with E-state index in [0.717, 1.165) is 41.3 Å². The van der Waals surface area contributed by atoms with Crippen LogP contribution in [0.5, 0.6) is 0 Å². The van der Waals surface area contributed by atoms with Crippen molar-refractivity contribution >= 4 is 24.9 Å². The minimum absolute atomic E-state index is 0.820. The van der Waals surface area contributed by atoms with E-state index in [4.69, 9.17) is 0 Å². The highest BCUT2D eigenvalue weighted by Crippen LogP contribution is 2.66. The van der Waals surface area contributed by atoms with E-state index in [9.17, 15) is 0 Å². The second kappa shape index (κ2) is 7.80. The molecule has 2 heteroatoms. The first-order valence-electron chi connectivity index (χ1n) is 15.0. The van der Waals surface area contributed by atoms with Gasteiger partial charge in [-0.05, 0) is 99.5 Å². The summed E-state index contributed by atoms with van der Waals surface area (Å²) in [4.78, 5) is 2.98. The number of hydrogen-bond acceptors (Lipinski definition) is 1. The standard InChI is InChI=1S/C34H41NSi/c1-35-29-19-11-10-18-27(29)31-24-15-7-9-17-26(24)34(32(31)35)36(2,3)33-25-16-8-6-14-23(25)30-22-13-5-4-12-21(22)20-28(30)33/h4-6,8,12-14,16,20,24,26-27,29,31-32,34H,7,9-11,15,17-19H2,1-3H3. The van der Waals surface area contributed by atoms with Gasteiger partial charge in [0.2, 0.25) is 0 Å². The van der Waals surface area contributed by atoms with Crippen LogP contribution in [-0.2, 0) is 0 Å². The van der Waals surface area contributed by atoms with Gasteiger partial charge in [0.25, 0.3) is 0 Å². The van der Waals surface area contributed by atoms with Crippen molar-refractivity contribution in [3.8, 4) is 0 Å². The van der Waals surface area contributed by atoms with E-state index in [0.29, 0.717) is 0 Å². The molecule has 6 aliphatic rings. The summed E-state index contributed by atoms with van der Waals surface area (Å²) in [6.45, 7) is 5.58. The highest BCUT2D eigenvalue weighted by atomic mass is 28.3. The first-order chi connectivity index (χ1) is 17.6. The molecule has 1 aliphatic heterocycles. The first kappa shape index (κ1) is 22.1. The molecule has 8 rings (SSSR count). The molecule has 1 saturated heterocycles. The summed E-state index contributed by atoms with van der Waals surface area (Å²) < 4.78 is 0. The molecular weight excluding hydrogens is 450 g/mol. The van der Waals surface area contributed by atoms with Crippen molar-refractivity contribution in [1.82, 2.24) is 4.90 Å². The minimum atomic E-state index is -1.83. The molecule has 0 aromatic heterocycles. The molecule has 2 aromatic carbocycles. The van der Waals surface area contributed by atoms with Gasteiger partial charge in [0.1, 0.15) is 0 Å². The van der Waals surface area contributed by atoms with E-state index in [1.807, 2.05) is 0 Å². The number of fused-ring (bicyclic) bond motifs is 9. The summed E-state index contributed by atoms with van der Waals surface area (Å²) >= 11 is 0. The molecule has 7 atom stereocenters. The van der Waals surface area contributed by atoms with Crippen LogP contribution in [0.15, 0.2) is 54.1 Å². The minimum Gasteiger partial charge on any atom is -0.300 e. The van der Waals surface area contributed by atoms with Crippen LogP contribution in [0.3, 0.4) is 0 Å². The van der Waals surface area contributed by atoms with E-state index < -0.39 is 8.07 Å². The monoisotopic (exact) mass is 491 g/mol. The van der Waals surface area contributed by atoms with Crippen LogP contribution in [0.1, 0.15) is 62.5 Å². The lowest BCUT2D eigenvalue weighted by atomic mass is 9.70. The number of likely N-dealkylation sites (tertiary alicyclic amines) is 1. The van der Waals surface area contributed by atoms with E-state index in [1.165, 1.54) is 67.4 Å². The largest absolute Gasteiger partial charge is 0.300 e. The number of benzene rings is 2. The zero-order valence-corrected chi connectivity index (χ0v) is 23.3. The SMILES string of the molecule is CN1C2CCCCC2C2C3CCCCC3C([Si](C)(C)C3=C4C=c5ccccc5=C4c4ccccc43)C21. The maximum absolute atomic E-state index is 2.98. The Hall–Kier alpha value is -1.90. The maximum Gasteiger partial charge on any atom is 0.0871 e. The molecule has 0 spiro atoms. The molecule has 0 bridgehead atoms. The normalized spacial score (nSPS) is 36.6. The van der Waals surface area contributed by atoms with Crippen LogP contribution in [0, 0.1) is 23.7 Å². The fraction of sp³-hybridized carbons (Fsp3) is 0.529. The Balaban J connectivity index is 1.33. The van der Waals surface area contributed by atoms with Gasteiger partial charge < -0.3 is 0 Å². The molecule has 3 saturated carbocycles. The average Bonchev–Trinajstić information content (AvgIpc) is 3.61. The molecule has 1 nitrogen and oxygen atoms in total. The topological polar surface area (TPSA) is 3.24 Å². The Morgan fingerprint density at radius 1 is 0.750 bits per heavy atom. The van der Waals surface area contributed by atoms with Crippen LogP contribution in [-0.4, -0.2) is 32.1 Å². The summed E-state index contributed by atoms with van der Waals surface area (Å²) in [5, 5.41) is 4.69. The molecule has 0 radical (unpaired) electrons. The summed E-state index contributed by atoms with van der Waals surface area (Å²) in [5.41, 5.74) is 7.12. The van der Waals surface area contributed by atoms with Gasteiger partial charge in [0.05, 0.1) is 8.07 Å². The van der Waals surface area contributed by atoms with Crippen molar-refractivity contribution in [2.75, 3.05) is 7.05 Å². The van der Waals surface area contributed by atoms with E-state index in [-0.39, 0.29) is 0 Å². The summed E-state index contributed by atoms with van der Waals surface area (Å²) in [5.74, 6) is 3.89. The fourth-order valence-electron chi connectivity index (χ4n) is 10.9. The Bertz CT molecular complexity index is 1400. The lowest BCUT2D eigenvalue weighted by Gasteiger charge is -2.45. The molecule has 7 unspecified atom stereocenters. The zero-order chi connectivity index (χ0) is 24.2. The van der Waals surface area contributed by atoms with Gasteiger partial charge >= 0.3 is 0 Å². The number of nitrogens with zero attached hydrogens (tertiary/aromatic N) is 1. The molecule has 36 heavy (non-hydrogen) atoms. The predicted molar refractivity (Wildman–Crippen MR) is 153 cm³/mol. The molecule has 1 heterocycles. The van der Waals surface area contributed by atoms with Crippen LogP contribution in [0.2, 0.25) is 18.6 Å². The second-order valence-electron chi connectivity index (χ2n) is 13.5. The number of hydrogen-bond donors (Lipinski definition) is 0. The third-order valence-electron chi connectivity index (χ3n) is 11.9. The molecule has 186 valence electrons. The van der Waals surface area contributed by atoms with Gasteiger partial charge in [-0.15, -0.1) is 0 Å². The molecule has 0 amide bonds. The van der Waals surface area contributed by atoms with Crippen LogP contribution >= 0.6 is 0 Å². The van der Waals surface area contributed by atoms with Gasteiger partial charge in [-0.3, -0.25) is 4.90 Å². The lowest BCUT2D eigenvalue weighted by Crippen LogP contribution is -2.48. The van der Waals surface area contributed by atoms with Crippen molar-refractivity contribution in [2.24, 2.45) is 23.7 Å². The quantitative estimate of drug-likeness (QED) is 0.441. The van der Waals surface area contributed by atoms with Crippen molar-refractivity contribution in [3.63, 3.8) is 0 Å². The van der Waals surface area contributed by atoms with E-state index in [1.54, 1.807) is 21.9 Å². The smallest absolute Gasteiger partial charge is 0.0871 e. The van der Waals surface area contributed by atoms with Crippen molar-refractivity contribution in [3.05, 3.63) is 75.7 Å². The fourth-order valence-corrected chi connectivity index (χ4v) is 15.8. The molecule has 0 N–H and O–H groups in total. The molecule has 4 fully saturated rings. The van der Waals surface area contributed by atoms with Crippen molar-refractivity contribution in [2.45, 2.75) is 82.1 Å². The number of rotatable bonds is 2. The second-order valence-corrected chi connectivity index (χ2v) is 18.2. The summed E-state index contributed by atoms with van der Waals surface area (Å²) in [6, 6.07) is 20.3. The maximum atomic E-state index is 2.98. The Morgan fingerprint density at radius 3 is 2.25 bits per heavy atom. The summed E-state index contributed by atoms with van der Waals surface area (Å²) in [6.07, 6.45) is 14.4. The zero-order valence-electron chi connectivity index (χ0n) is 22.3. The first-order valence-corrected chi connectivity index (χ1v) is 18.0. The molecular formula is C34H41NSi. The van der Waals surface area contributed by atoms with Crippen LogP contribution < -0.4 is 10.4 Å². The van der Waals surface area contributed by atoms with Crippen molar-refractivity contribution in [1.29, 1.82) is 0 Å². The highest BCUT2D eigenvalue weighted by Gasteiger charge is 2.65. The van der Waals surface area contributed by atoms with E-state index in [2.05, 4.69) is 79.6 Å². The van der Waals surface area contributed by atoms with Gasteiger partial charge in [-0.25, -0.2) is 0 Å². The Labute approximate surface area is 218 Å². The third kappa shape index (κ3) is 2.76. The highest BCUT2D eigenvalue weighted by molar-refractivity contribution is 6.97. The lowest BCUT2D eigenvalue weighted by molar-refractivity contribution is 0.137. The third-order valence-corrected chi connectivity index (χ3v) is 16.1. The molecule has 2 aromatic rings. The van der Waals surface area contributed by atoms with Gasteiger partial charge in [0, 0.05) is 12.1 Å². The Kier molecular flexibility index (Phi) is 4.79. The van der Waals surface area contributed by atoms with Crippen LogP contribution in [0.25, 0.3) is 16.8 Å². The average molecular weight is 492 g/mol. The van der Waals surface area contributed by atoms with Gasteiger partial charge in [-0.2, -0.15) is 0 Å². The Morgan fingerprint density at radius 2 is 1.42 bits per heavy atom. The van der Waals surface area contributed by atoms with Gasteiger partial charge in [0.15, 0.2) is 0 Å². The van der Waals surface area contributed by atoms with Crippen LogP contribution in [0.4, 0.5) is 0 Å². The molecule has 5 aliphatic carbocycles.